The fourth-order valence-corrected chi connectivity index (χ4v) is 5.18. The van der Waals surface area contributed by atoms with Gasteiger partial charge in [0.1, 0.15) is 11.6 Å². The van der Waals surface area contributed by atoms with E-state index in [9.17, 15) is 14.9 Å². The highest BCUT2D eigenvalue weighted by Gasteiger charge is 2.39. The Morgan fingerprint density at radius 2 is 1.79 bits per heavy atom. The zero-order valence-electron chi connectivity index (χ0n) is 17.7. The van der Waals surface area contributed by atoms with E-state index >= 15 is 0 Å². The molecular weight excluding hydrogens is 374 g/mol. The summed E-state index contributed by atoms with van der Waals surface area (Å²) in [5.74, 6) is -0.240. The van der Waals surface area contributed by atoms with Crippen LogP contribution in [0.4, 0.5) is 4.79 Å². The number of nitriles is 1. The number of nitrogens with one attached hydrogen (secondary N) is 2. The lowest BCUT2D eigenvalue weighted by atomic mass is 9.88. The first kappa shape index (κ1) is 22.7. The summed E-state index contributed by atoms with van der Waals surface area (Å²) in [7, 11) is -1.63. The van der Waals surface area contributed by atoms with E-state index in [1.807, 2.05) is 0 Å². The number of nitrogens with zero attached hydrogens (tertiary/aromatic N) is 3. The van der Waals surface area contributed by atoms with E-state index in [0.717, 1.165) is 19.6 Å². The Hall–Kier alpha value is -1.63. The number of carbonyl (C=O) groups is 2. The number of hydrogen-bond donors (Lipinski definition) is 2. The molecule has 8 nitrogen and oxygen atoms in total. The monoisotopic (exact) mass is 409 g/mol. The van der Waals surface area contributed by atoms with Gasteiger partial charge in [-0.05, 0) is 25.4 Å². The number of rotatable bonds is 6. The van der Waals surface area contributed by atoms with Crippen molar-refractivity contribution in [3.8, 4) is 6.07 Å². The molecule has 0 aromatic heterocycles. The van der Waals surface area contributed by atoms with Gasteiger partial charge in [-0.25, -0.2) is 4.79 Å². The van der Waals surface area contributed by atoms with Crippen molar-refractivity contribution in [2.75, 3.05) is 45.9 Å². The van der Waals surface area contributed by atoms with Crippen molar-refractivity contribution in [3.63, 3.8) is 0 Å². The summed E-state index contributed by atoms with van der Waals surface area (Å²) in [5.41, 5.74) is -0.843. The van der Waals surface area contributed by atoms with Crippen molar-refractivity contribution < 1.29 is 14.3 Å². The van der Waals surface area contributed by atoms with E-state index in [4.69, 9.17) is 4.74 Å². The van der Waals surface area contributed by atoms with Crippen molar-refractivity contribution in [2.45, 2.75) is 57.0 Å². The molecule has 0 bridgehead atoms. The van der Waals surface area contributed by atoms with Crippen LogP contribution in [0.3, 0.4) is 0 Å². The van der Waals surface area contributed by atoms with Crippen molar-refractivity contribution in [2.24, 2.45) is 0 Å². The van der Waals surface area contributed by atoms with Crippen molar-refractivity contribution in [3.05, 3.63) is 0 Å². The van der Waals surface area contributed by atoms with E-state index in [0.29, 0.717) is 45.2 Å². The zero-order chi connectivity index (χ0) is 20.8. The normalized spacial score (nSPS) is 21.5. The molecule has 2 fully saturated rings. The van der Waals surface area contributed by atoms with Crippen LogP contribution in [-0.2, 0) is 9.53 Å². The Bertz CT molecular complexity index is 587. The molecule has 2 heterocycles. The number of ether oxygens (including phenoxy) is 1. The van der Waals surface area contributed by atoms with Gasteiger partial charge >= 0.3 is 6.03 Å². The summed E-state index contributed by atoms with van der Waals surface area (Å²) in [6.07, 6.45) is 1.22. The number of piperidine rings is 1. The van der Waals surface area contributed by atoms with Crippen LogP contribution in [0.15, 0.2) is 0 Å². The van der Waals surface area contributed by atoms with Gasteiger partial charge in [0.15, 0.2) is 0 Å². The molecule has 2 saturated heterocycles. The number of likely N-dealkylation sites (tertiary alicyclic amines) is 1. The molecule has 2 aliphatic rings. The van der Waals surface area contributed by atoms with Gasteiger partial charge in [0.05, 0.1) is 19.3 Å². The number of hydrogen-bond acceptors (Lipinski definition) is 5. The van der Waals surface area contributed by atoms with Crippen molar-refractivity contribution in [1.29, 1.82) is 5.26 Å². The summed E-state index contributed by atoms with van der Waals surface area (Å²) < 4.78 is 5.29. The van der Waals surface area contributed by atoms with Gasteiger partial charge in [-0.3, -0.25) is 4.79 Å². The minimum atomic E-state index is -1.63. The van der Waals surface area contributed by atoms with Gasteiger partial charge in [0, 0.05) is 34.3 Å². The van der Waals surface area contributed by atoms with Crippen LogP contribution < -0.4 is 10.6 Å². The van der Waals surface area contributed by atoms with Gasteiger partial charge in [-0.1, -0.05) is 26.6 Å². The fraction of sp³-hybridized carbons (Fsp3) is 0.842. The summed E-state index contributed by atoms with van der Waals surface area (Å²) in [5, 5.41) is 15.7. The maximum atomic E-state index is 13.1. The standard InChI is InChI=1S/C19H35N5O3Si/c1-5-23-8-6-19(15-20,7-9-23)22-17(25)16(14-28(2,3)4)21-18(26)24-10-12-27-13-11-24/h16H,5-14H2,1-4H3,(H,21,26)(H,22,25)/t16-/m0/s1. The van der Waals surface area contributed by atoms with E-state index < -0.39 is 19.7 Å². The largest absolute Gasteiger partial charge is 0.378 e. The van der Waals surface area contributed by atoms with E-state index in [2.05, 4.69) is 48.2 Å². The van der Waals surface area contributed by atoms with Crippen LogP contribution in [0.5, 0.6) is 0 Å². The average Bonchev–Trinajstić information content (AvgIpc) is 2.67. The molecule has 2 rings (SSSR count). The lowest BCUT2D eigenvalue weighted by Crippen LogP contribution is -2.61. The molecule has 0 spiro atoms. The second kappa shape index (κ2) is 9.72. The number of urea groups is 1. The smallest absolute Gasteiger partial charge is 0.318 e. The molecule has 0 saturated carbocycles. The lowest BCUT2D eigenvalue weighted by Gasteiger charge is -2.38. The van der Waals surface area contributed by atoms with Crippen molar-refractivity contribution in [1.82, 2.24) is 20.4 Å². The average molecular weight is 410 g/mol. The Balaban J connectivity index is 2.05. The quantitative estimate of drug-likeness (QED) is 0.643. The molecule has 0 aromatic rings. The topological polar surface area (TPSA) is 97.7 Å². The highest BCUT2D eigenvalue weighted by atomic mass is 28.3. The van der Waals surface area contributed by atoms with Gasteiger partial charge in [-0.15, -0.1) is 0 Å². The van der Waals surface area contributed by atoms with Crippen LogP contribution in [-0.4, -0.2) is 87.3 Å². The fourth-order valence-electron chi connectivity index (χ4n) is 3.67. The van der Waals surface area contributed by atoms with Crippen LogP contribution in [0.1, 0.15) is 19.8 Å². The Kier molecular flexibility index (Phi) is 7.86. The number of amides is 3. The molecule has 0 unspecified atom stereocenters. The maximum Gasteiger partial charge on any atom is 0.318 e. The van der Waals surface area contributed by atoms with E-state index in [1.165, 1.54) is 0 Å². The van der Waals surface area contributed by atoms with Gasteiger partial charge in [0.2, 0.25) is 5.91 Å². The van der Waals surface area contributed by atoms with E-state index in [1.54, 1.807) is 4.90 Å². The molecule has 3 amide bonds. The molecule has 2 N–H and O–H groups in total. The highest BCUT2D eigenvalue weighted by molar-refractivity contribution is 6.76. The Morgan fingerprint density at radius 1 is 1.18 bits per heavy atom. The van der Waals surface area contributed by atoms with Crippen LogP contribution >= 0.6 is 0 Å². The lowest BCUT2D eigenvalue weighted by molar-refractivity contribution is -0.124. The molecule has 158 valence electrons. The minimum absolute atomic E-state index is 0.228. The van der Waals surface area contributed by atoms with Gasteiger partial charge in [-0.2, -0.15) is 5.26 Å². The summed E-state index contributed by atoms with van der Waals surface area (Å²) in [6, 6.07) is 2.13. The Labute approximate surface area is 169 Å². The molecule has 0 radical (unpaired) electrons. The molecule has 9 heteroatoms. The predicted molar refractivity (Wildman–Crippen MR) is 111 cm³/mol. The molecule has 1 atom stereocenters. The minimum Gasteiger partial charge on any atom is -0.378 e. The molecule has 0 aliphatic carbocycles. The third-order valence-electron chi connectivity index (χ3n) is 5.46. The highest BCUT2D eigenvalue weighted by Crippen LogP contribution is 2.22. The van der Waals surface area contributed by atoms with E-state index in [-0.39, 0.29) is 11.9 Å². The van der Waals surface area contributed by atoms with Crippen LogP contribution in [0.2, 0.25) is 25.7 Å². The first-order valence-corrected chi connectivity index (χ1v) is 14.0. The van der Waals surface area contributed by atoms with Gasteiger partial charge < -0.3 is 25.2 Å². The third kappa shape index (κ3) is 6.46. The second-order valence-corrected chi connectivity index (χ2v) is 14.5. The van der Waals surface area contributed by atoms with Crippen molar-refractivity contribution >= 4 is 20.0 Å². The number of carbonyl (C=O) groups excluding carboxylic acids is 2. The Morgan fingerprint density at radius 3 is 2.29 bits per heavy atom. The predicted octanol–water partition coefficient (Wildman–Crippen LogP) is 1.23. The number of morpholine rings is 1. The molecule has 0 aromatic carbocycles. The first-order chi connectivity index (χ1) is 13.2. The maximum absolute atomic E-state index is 13.1. The molecule has 28 heavy (non-hydrogen) atoms. The van der Waals surface area contributed by atoms with Gasteiger partial charge in [0.25, 0.3) is 0 Å². The summed E-state index contributed by atoms with van der Waals surface area (Å²) in [4.78, 5) is 29.7. The third-order valence-corrected chi connectivity index (χ3v) is 7.10. The first-order valence-electron chi connectivity index (χ1n) is 10.3. The summed E-state index contributed by atoms with van der Waals surface area (Å²) >= 11 is 0. The van der Waals surface area contributed by atoms with Crippen LogP contribution in [0, 0.1) is 11.3 Å². The SMILES string of the molecule is CCN1CCC(C#N)(NC(=O)[C@H](C[Si](C)(C)C)NC(=O)N2CCOCC2)CC1. The second-order valence-electron chi connectivity index (χ2n) is 8.98. The molecular formula is C19H35N5O3Si. The summed E-state index contributed by atoms with van der Waals surface area (Å²) in [6.45, 7) is 13.3. The van der Waals surface area contributed by atoms with Crippen LogP contribution in [0.25, 0.3) is 0 Å². The zero-order valence-corrected chi connectivity index (χ0v) is 18.7. The molecule has 2 aliphatic heterocycles.